The predicted molar refractivity (Wildman–Crippen MR) is 104 cm³/mol. The fraction of sp³-hybridized carbons (Fsp3) is 0.600. The van der Waals surface area contributed by atoms with Gasteiger partial charge >= 0.3 is 0 Å². The largest absolute Gasteiger partial charge is 0.383 e. The third-order valence-electron chi connectivity index (χ3n) is 4.92. The maximum atomic E-state index is 12.1. The summed E-state index contributed by atoms with van der Waals surface area (Å²) in [6.07, 6.45) is 2.73. The van der Waals surface area contributed by atoms with Crippen molar-refractivity contribution in [3.8, 4) is 0 Å². The van der Waals surface area contributed by atoms with Gasteiger partial charge in [0.15, 0.2) is 0 Å². The summed E-state index contributed by atoms with van der Waals surface area (Å²) in [7, 11) is 1.60. The van der Waals surface area contributed by atoms with Crippen LogP contribution in [0.3, 0.4) is 0 Å². The second-order valence-corrected chi connectivity index (χ2v) is 7.01. The average molecular weight is 361 g/mol. The molecule has 1 fully saturated rings. The maximum absolute atomic E-state index is 12.1. The highest BCUT2D eigenvalue weighted by atomic mass is 16.5. The Morgan fingerprint density at radius 2 is 1.85 bits per heavy atom. The van der Waals surface area contributed by atoms with E-state index < -0.39 is 0 Å². The van der Waals surface area contributed by atoms with Crippen LogP contribution in [0.4, 0.5) is 11.4 Å². The van der Waals surface area contributed by atoms with Crippen LogP contribution in [0.25, 0.3) is 0 Å². The number of rotatable bonds is 8. The minimum Gasteiger partial charge on any atom is -0.383 e. The minimum atomic E-state index is -0.0896. The molecule has 0 atom stereocenters. The van der Waals surface area contributed by atoms with Crippen LogP contribution in [0.5, 0.6) is 0 Å². The maximum Gasteiger partial charge on any atom is 0.226 e. The molecule has 0 saturated carbocycles. The van der Waals surface area contributed by atoms with Gasteiger partial charge in [-0.2, -0.15) is 0 Å². The number of amides is 2. The van der Waals surface area contributed by atoms with Crippen LogP contribution in [-0.4, -0.2) is 56.6 Å². The second-order valence-electron chi connectivity index (χ2n) is 7.01. The lowest BCUT2D eigenvalue weighted by molar-refractivity contribution is -0.130. The lowest BCUT2D eigenvalue weighted by atomic mass is 9.99. The zero-order valence-electron chi connectivity index (χ0n) is 16.2. The number of benzene rings is 1. The average Bonchev–Trinajstić information content (AvgIpc) is 2.63. The molecule has 1 saturated heterocycles. The van der Waals surface area contributed by atoms with Crippen LogP contribution in [0, 0.1) is 5.92 Å². The van der Waals surface area contributed by atoms with Gasteiger partial charge in [0.2, 0.25) is 11.8 Å². The van der Waals surface area contributed by atoms with Gasteiger partial charge < -0.3 is 19.9 Å². The van der Waals surface area contributed by atoms with E-state index in [1.807, 2.05) is 12.1 Å². The van der Waals surface area contributed by atoms with E-state index >= 15 is 0 Å². The lowest BCUT2D eigenvalue weighted by Crippen LogP contribution is -2.34. The standard InChI is InChI=1S/C20H31N3O3/c1-16-8-11-23(12-9-16)19-6-4-18(5-7-19)21-20(25)10-13-22(17(2)24)14-15-26-3/h4-7,16H,8-15H2,1-3H3,(H,21,25). The number of anilines is 2. The van der Waals surface area contributed by atoms with Crippen LogP contribution in [0.1, 0.15) is 33.1 Å². The Balaban J connectivity index is 1.80. The van der Waals surface area contributed by atoms with Gasteiger partial charge in [-0.15, -0.1) is 0 Å². The molecule has 2 rings (SSSR count). The molecule has 1 aliphatic heterocycles. The quantitative estimate of drug-likeness (QED) is 0.773. The summed E-state index contributed by atoms with van der Waals surface area (Å²) in [5.41, 5.74) is 1.99. The summed E-state index contributed by atoms with van der Waals surface area (Å²) < 4.78 is 4.99. The zero-order chi connectivity index (χ0) is 18.9. The number of nitrogens with one attached hydrogen (secondary N) is 1. The van der Waals surface area contributed by atoms with Crippen molar-refractivity contribution in [2.75, 3.05) is 50.1 Å². The molecule has 0 unspecified atom stereocenters. The number of nitrogens with zero attached hydrogens (tertiary/aromatic N) is 2. The summed E-state index contributed by atoms with van der Waals surface area (Å²) in [6, 6.07) is 8.01. The molecule has 0 aliphatic carbocycles. The molecular weight excluding hydrogens is 330 g/mol. The molecule has 1 aromatic carbocycles. The van der Waals surface area contributed by atoms with E-state index in [0.717, 1.165) is 24.7 Å². The first-order chi connectivity index (χ1) is 12.5. The van der Waals surface area contributed by atoms with Gasteiger partial charge in [-0.3, -0.25) is 9.59 Å². The van der Waals surface area contributed by atoms with Crippen molar-refractivity contribution >= 4 is 23.2 Å². The molecule has 1 aliphatic rings. The molecule has 1 N–H and O–H groups in total. The molecule has 0 bridgehead atoms. The van der Waals surface area contributed by atoms with E-state index in [1.54, 1.807) is 12.0 Å². The lowest BCUT2D eigenvalue weighted by Gasteiger charge is -2.32. The molecule has 6 heteroatoms. The molecule has 0 spiro atoms. The second kappa shape index (κ2) is 10.2. The highest BCUT2D eigenvalue weighted by Crippen LogP contribution is 2.24. The summed E-state index contributed by atoms with van der Waals surface area (Å²) in [5, 5.41) is 2.90. The molecular formula is C20H31N3O3. The van der Waals surface area contributed by atoms with Gasteiger partial charge in [0.25, 0.3) is 0 Å². The number of piperidine rings is 1. The Morgan fingerprint density at radius 1 is 1.19 bits per heavy atom. The van der Waals surface area contributed by atoms with Gasteiger partial charge in [0.1, 0.15) is 0 Å². The van der Waals surface area contributed by atoms with Gasteiger partial charge in [-0.05, 0) is 43.0 Å². The summed E-state index contributed by atoms with van der Waals surface area (Å²) in [6.45, 7) is 7.37. The van der Waals surface area contributed by atoms with Crippen molar-refractivity contribution in [1.82, 2.24) is 4.90 Å². The van der Waals surface area contributed by atoms with E-state index in [-0.39, 0.29) is 18.2 Å². The van der Waals surface area contributed by atoms with Crippen molar-refractivity contribution in [3.05, 3.63) is 24.3 Å². The molecule has 0 radical (unpaired) electrons. The molecule has 2 amide bonds. The number of hydrogen-bond donors (Lipinski definition) is 1. The first-order valence-electron chi connectivity index (χ1n) is 9.39. The Bertz CT molecular complexity index is 580. The van der Waals surface area contributed by atoms with Crippen molar-refractivity contribution in [2.45, 2.75) is 33.1 Å². The van der Waals surface area contributed by atoms with Gasteiger partial charge in [-0.1, -0.05) is 6.92 Å². The molecule has 26 heavy (non-hydrogen) atoms. The Hall–Kier alpha value is -2.08. The SMILES string of the molecule is COCCN(CCC(=O)Nc1ccc(N2CCC(C)CC2)cc1)C(C)=O. The van der Waals surface area contributed by atoms with Crippen molar-refractivity contribution in [3.63, 3.8) is 0 Å². The predicted octanol–water partition coefficient (Wildman–Crippen LogP) is 2.75. The van der Waals surface area contributed by atoms with E-state index in [0.29, 0.717) is 19.7 Å². The number of ether oxygens (including phenoxy) is 1. The third kappa shape index (κ3) is 6.33. The topological polar surface area (TPSA) is 61.9 Å². The summed E-state index contributed by atoms with van der Waals surface area (Å²) in [5.74, 6) is 0.673. The summed E-state index contributed by atoms with van der Waals surface area (Å²) >= 11 is 0. The number of carbonyl (C=O) groups excluding carboxylic acids is 2. The van der Waals surface area contributed by atoms with Crippen LogP contribution in [0.2, 0.25) is 0 Å². The van der Waals surface area contributed by atoms with Gasteiger partial charge in [-0.25, -0.2) is 0 Å². The highest BCUT2D eigenvalue weighted by molar-refractivity contribution is 5.91. The van der Waals surface area contributed by atoms with E-state index in [9.17, 15) is 9.59 Å². The van der Waals surface area contributed by atoms with Crippen LogP contribution < -0.4 is 10.2 Å². The van der Waals surface area contributed by atoms with Crippen LogP contribution in [-0.2, 0) is 14.3 Å². The fourth-order valence-electron chi connectivity index (χ4n) is 3.11. The Morgan fingerprint density at radius 3 is 2.42 bits per heavy atom. The number of methoxy groups -OCH3 is 1. The molecule has 1 heterocycles. The normalized spacial score (nSPS) is 15.0. The number of carbonyl (C=O) groups is 2. The van der Waals surface area contributed by atoms with Gasteiger partial charge in [0.05, 0.1) is 6.61 Å². The zero-order valence-corrected chi connectivity index (χ0v) is 16.2. The fourth-order valence-corrected chi connectivity index (χ4v) is 3.11. The van der Waals surface area contributed by atoms with Crippen molar-refractivity contribution in [2.24, 2.45) is 5.92 Å². The van der Waals surface area contributed by atoms with Crippen molar-refractivity contribution in [1.29, 1.82) is 0 Å². The van der Waals surface area contributed by atoms with Crippen LogP contribution >= 0.6 is 0 Å². The molecule has 6 nitrogen and oxygen atoms in total. The summed E-state index contributed by atoms with van der Waals surface area (Å²) in [4.78, 5) is 27.7. The third-order valence-corrected chi connectivity index (χ3v) is 4.92. The van der Waals surface area contributed by atoms with Crippen LogP contribution in [0.15, 0.2) is 24.3 Å². The van der Waals surface area contributed by atoms with E-state index in [4.69, 9.17) is 4.74 Å². The Kier molecular flexibility index (Phi) is 7.91. The minimum absolute atomic E-state index is 0.0462. The molecule has 0 aromatic heterocycles. The van der Waals surface area contributed by atoms with E-state index in [1.165, 1.54) is 25.5 Å². The molecule has 1 aromatic rings. The monoisotopic (exact) mass is 361 g/mol. The van der Waals surface area contributed by atoms with Crippen molar-refractivity contribution < 1.29 is 14.3 Å². The highest BCUT2D eigenvalue weighted by Gasteiger charge is 2.16. The first-order valence-corrected chi connectivity index (χ1v) is 9.39. The first kappa shape index (κ1) is 20.2. The molecule has 144 valence electrons. The smallest absolute Gasteiger partial charge is 0.226 e. The van der Waals surface area contributed by atoms with Gasteiger partial charge in [0, 0.05) is 58.0 Å². The number of hydrogen-bond acceptors (Lipinski definition) is 4. The Labute approximate surface area is 156 Å². The van der Waals surface area contributed by atoms with E-state index in [2.05, 4.69) is 29.3 Å².